The molecule has 7 heteroatoms. The largest absolute Gasteiger partial charge is 0.494 e. The first-order valence-corrected chi connectivity index (χ1v) is 9.99. The van der Waals surface area contributed by atoms with Gasteiger partial charge in [0.25, 0.3) is 5.91 Å². The van der Waals surface area contributed by atoms with Crippen molar-refractivity contribution < 1.29 is 19.1 Å². The summed E-state index contributed by atoms with van der Waals surface area (Å²) in [6.07, 6.45) is 1.94. The van der Waals surface area contributed by atoms with Crippen molar-refractivity contribution >= 4 is 33.4 Å². The van der Waals surface area contributed by atoms with E-state index >= 15 is 0 Å². The van der Waals surface area contributed by atoms with Crippen LogP contribution < -0.4 is 9.54 Å². The summed E-state index contributed by atoms with van der Waals surface area (Å²) in [7, 11) is 1.35. The molecule has 1 amide bonds. The fourth-order valence-electron chi connectivity index (χ4n) is 2.90. The molecule has 0 atom stereocenters. The number of carbonyl (C=O) groups excluding carboxylic acids is 2. The molecule has 0 N–H and O–H groups in total. The van der Waals surface area contributed by atoms with E-state index in [1.54, 1.807) is 18.2 Å². The van der Waals surface area contributed by atoms with Gasteiger partial charge < -0.3 is 14.0 Å². The summed E-state index contributed by atoms with van der Waals surface area (Å²) in [5.74, 6) is 0.128. The molecule has 6 nitrogen and oxygen atoms in total. The summed E-state index contributed by atoms with van der Waals surface area (Å²) in [5.41, 5.74) is 2.21. The van der Waals surface area contributed by atoms with Crippen LogP contribution in [0.1, 0.15) is 22.8 Å². The van der Waals surface area contributed by atoms with Gasteiger partial charge in [0.1, 0.15) is 5.75 Å². The molecule has 150 valence electrons. The van der Waals surface area contributed by atoms with E-state index in [9.17, 15) is 9.59 Å². The first-order chi connectivity index (χ1) is 14.0. The third kappa shape index (κ3) is 4.81. The number of amides is 1. The van der Waals surface area contributed by atoms with Crippen LogP contribution >= 0.6 is 11.3 Å². The summed E-state index contributed by atoms with van der Waals surface area (Å²) < 4.78 is 13.0. The van der Waals surface area contributed by atoms with Crippen molar-refractivity contribution in [3.05, 3.63) is 71.0 Å². The Morgan fingerprint density at radius 2 is 1.97 bits per heavy atom. The highest BCUT2D eigenvalue weighted by molar-refractivity contribution is 7.16. The maximum Gasteiger partial charge on any atom is 0.337 e. The van der Waals surface area contributed by atoms with E-state index in [-0.39, 0.29) is 12.3 Å². The van der Waals surface area contributed by atoms with Gasteiger partial charge in [0, 0.05) is 6.54 Å². The average Bonchev–Trinajstić information content (AvgIpc) is 3.05. The van der Waals surface area contributed by atoms with Gasteiger partial charge in [0.2, 0.25) is 0 Å². The number of methoxy groups -OCH3 is 1. The van der Waals surface area contributed by atoms with Crippen LogP contribution in [0.2, 0.25) is 0 Å². The number of rotatable bonds is 7. The van der Waals surface area contributed by atoms with Crippen molar-refractivity contribution in [1.82, 2.24) is 4.57 Å². The summed E-state index contributed by atoms with van der Waals surface area (Å²) in [5, 5.41) is 0. The predicted octanol–water partition coefficient (Wildman–Crippen LogP) is 3.74. The highest BCUT2D eigenvalue weighted by atomic mass is 32.1. The number of carbonyl (C=O) groups is 2. The number of ether oxygens (including phenoxy) is 2. The molecule has 0 aliphatic heterocycles. The number of nitrogens with zero attached hydrogens (tertiary/aromatic N) is 2. The van der Waals surface area contributed by atoms with Crippen molar-refractivity contribution in [3.63, 3.8) is 0 Å². The lowest BCUT2D eigenvalue weighted by Crippen LogP contribution is -2.17. The number of esters is 1. The van der Waals surface area contributed by atoms with Crippen molar-refractivity contribution in [2.45, 2.75) is 19.9 Å². The van der Waals surface area contributed by atoms with E-state index in [4.69, 9.17) is 9.47 Å². The Balaban J connectivity index is 1.92. The quantitative estimate of drug-likeness (QED) is 0.439. The molecule has 29 heavy (non-hydrogen) atoms. The first-order valence-electron chi connectivity index (χ1n) is 9.17. The molecule has 0 aliphatic carbocycles. The molecule has 0 saturated heterocycles. The van der Waals surface area contributed by atoms with Gasteiger partial charge in [-0.15, -0.1) is 6.58 Å². The van der Waals surface area contributed by atoms with Crippen molar-refractivity contribution in [1.29, 1.82) is 0 Å². The molecule has 1 aromatic heterocycles. The fraction of sp³-hybridized carbons (Fsp3) is 0.227. The summed E-state index contributed by atoms with van der Waals surface area (Å²) in [6.45, 7) is 6.81. The van der Waals surface area contributed by atoms with E-state index in [2.05, 4.69) is 11.6 Å². The van der Waals surface area contributed by atoms with Gasteiger partial charge in [0.05, 0.1) is 35.9 Å². The number of benzene rings is 2. The second kappa shape index (κ2) is 9.34. The maximum atomic E-state index is 12.5. The van der Waals surface area contributed by atoms with Crippen LogP contribution in [-0.4, -0.2) is 30.2 Å². The van der Waals surface area contributed by atoms with Crippen LogP contribution in [0.15, 0.2) is 60.1 Å². The molecule has 0 fully saturated rings. The molecule has 0 aliphatic rings. The lowest BCUT2D eigenvalue weighted by atomic mass is 10.1. The van der Waals surface area contributed by atoms with Crippen LogP contribution in [0.3, 0.4) is 0 Å². The molecule has 3 rings (SSSR count). The average molecular weight is 410 g/mol. The van der Waals surface area contributed by atoms with Gasteiger partial charge in [-0.05, 0) is 42.8 Å². The first kappa shape index (κ1) is 20.5. The molecular formula is C22H22N2O4S. The van der Waals surface area contributed by atoms with E-state index in [1.807, 2.05) is 41.8 Å². The SMILES string of the molecule is C=CCn1c(=NC(=O)Cc2ccc(OCC)cc2)sc2cc(C(=O)OC)ccc21. The van der Waals surface area contributed by atoms with Crippen LogP contribution in [0.5, 0.6) is 5.75 Å². The molecule has 2 aromatic carbocycles. The molecule has 0 unspecified atom stereocenters. The van der Waals surface area contributed by atoms with Gasteiger partial charge in [-0.2, -0.15) is 4.99 Å². The number of thiazole rings is 1. The van der Waals surface area contributed by atoms with E-state index in [0.717, 1.165) is 21.5 Å². The summed E-state index contributed by atoms with van der Waals surface area (Å²) in [6, 6.07) is 12.7. The minimum atomic E-state index is -0.402. The minimum absolute atomic E-state index is 0.197. The Hall–Kier alpha value is -3.19. The zero-order valence-electron chi connectivity index (χ0n) is 16.4. The topological polar surface area (TPSA) is 69.9 Å². The molecule has 0 radical (unpaired) electrons. The number of allylic oxidation sites excluding steroid dienone is 1. The van der Waals surface area contributed by atoms with E-state index in [1.165, 1.54) is 18.4 Å². The number of hydrogen-bond acceptors (Lipinski definition) is 5. The number of aromatic nitrogens is 1. The molecule has 1 heterocycles. The van der Waals surface area contributed by atoms with Crippen LogP contribution in [0.4, 0.5) is 0 Å². The van der Waals surface area contributed by atoms with Gasteiger partial charge in [0.15, 0.2) is 4.80 Å². The zero-order chi connectivity index (χ0) is 20.8. The standard InChI is InChI=1S/C22H22N2O4S/c1-4-12-24-18-11-8-16(21(26)27-3)14-19(18)29-22(24)23-20(25)13-15-6-9-17(10-7-15)28-5-2/h4,6-11,14H,1,5,12-13H2,2-3H3. The Morgan fingerprint density at radius 3 is 2.62 bits per heavy atom. The molecule has 0 bridgehead atoms. The lowest BCUT2D eigenvalue weighted by Gasteiger charge is -2.04. The smallest absolute Gasteiger partial charge is 0.337 e. The van der Waals surface area contributed by atoms with Crippen molar-refractivity contribution in [2.24, 2.45) is 4.99 Å². The zero-order valence-corrected chi connectivity index (χ0v) is 17.2. The maximum absolute atomic E-state index is 12.5. The number of fused-ring (bicyclic) bond motifs is 1. The Kier molecular flexibility index (Phi) is 6.61. The lowest BCUT2D eigenvalue weighted by molar-refractivity contribution is -0.117. The Labute approximate surface area is 172 Å². The highest BCUT2D eigenvalue weighted by Crippen LogP contribution is 2.20. The summed E-state index contributed by atoms with van der Waals surface area (Å²) >= 11 is 1.35. The van der Waals surface area contributed by atoms with Gasteiger partial charge in [-0.25, -0.2) is 4.79 Å². The van der Waals surface area contributed by atoms with Crippen LogP contribution in [0.25, 0.3) is 10.2 Å². The monoisotopic (exact) mass is 410 g/mol. The minimum Gasteiger partial charge on any atom is -0.494 e. The van der Waals surface area contributed by atoms with Crippen molar-refractivity contribution in [2.75, 3.05) is 13.7 Å². The second-order valence-corrected chi connectivity index (χ2v) is 7.23. The summed E-state index contributed by atoms with van der Waals surface area (Å²) in [4.78, 5) is 29.2. The van der Waals surface area contributed by atoms with Gasteiger partial charge >= 0.3 is 5.97 Å². The second-order valence-electron chi connectivity index (χ2n) is 6.22. The van der Waals surface area contributed by atoms with Crippen LogP contribution in [-0.2, 0) is 22.5 Å². The van der Waals surface area contributed by atoms with Gasteiger partial charge in [-0.1, -0.05) is 29.5 Å². The molecular weight excluding hydrogens is 388 g/mol. The highest BCUT2D eigenvalue weighted by Gasteiger charge is 2.12. The van der Waals surface area contributed by atoms with E-state index < -0.39 is 5.97 Å². The molecule has 3 aromatic rings. The van der Waals surface area contributed by atoms with Crippen LogP contribution in [0, 0.1) is 0 Å². The van der Waals surface area contributed by atoms with E-state index in [0.29, 0.717) is 23.5 Å². The number of hydrogen-bond donors (Lipinski definition) is 0. The van der Waals surface area contributed by atoms with Gasteiger partial charge in [-0.3, -0.25) is 4.79 Å². The normalized spacial score (nSPS) is 11.4. The fourth-order valence-corrected chi connectivity index (χ4v) is 4.00. The third-order valence-electron chi connectivity index (χ3n) is 4.23. The predicted molar refractivity (Wildman–Crippen MR) is 113 cm³/mol. The Bertz CT molecular complexity index is 1110. The third-order valence-corrected chi connectivity index (χ3v) is 5.27. The van der Waals surface area contributed by atoms with Crippen molar-refractivity contribution in [3.8, 4) is 5.75 Å². The molecule has 0 spiro atoms. The Morgan fingerprint density at radius 1 is 1.21 bits per heavy atom. The molecule has 0 saturated carbocycles.